The third-order valence-corrected chi connectivity index (χ3v) is 10.1. The Morgan fingerprint density at radius 2 is 1.86 bits per heavy atom. The van der Waals surface area contributed by atoms with Crippen molar-refractivity contribution in [2.24, 2.45) is 0 Å². The topological polar surface area (TPSA) is 142 Å². The molecular weight excluding hydrogens is 685 g/mol. The molecule has 0 aliphatic carbocycles. The molecule has 0 radical (unpaired) electrons. The highest BCUT2D eigenvalue weighted by Crippen LogP contribution is 2.42. The smallest absolute Gasteiger partial charge is 0.317 e. The number of pyridine rings is 2. The van der Waals surface area contributed by atoms with Crippen LogP contribution in [0.3, 0.4) is 0 Å². The molecule has 1 atom stereocenters. The van der Waals surface area contributed by atoms with Gasteiger partial charge in [0.2, 0.25) is 11.8 Å². The van der Waals surface area contributed by atoms with Crippen molar-refractivity contribution in [3.05, 3.63) is 81.4 Å². The van der Waals surface area contributed by atoms with E-state index in [9.17, 15) is 14.7 Å². The molecular formula is C35H35Cl2N7O4S. The van der Waals surface area contributed by atoms with Crippen molar-refractivity contribution in [2.45, 2.75) is 38.9 Å². The first-order chi connectivity index (χ1) is 23.7. The number of ether oxygens (including phenoxy) is 1. The Morgan fingerprint density at radius 1 is 1.08 bits per heavy atom. The summed E-state index contributed by atoms with van der Waals surface area (Å²) in [7, 11) is 1.59. The van der Waals surface area contributed by atoms with E-state index >= 15 is 0 Å². The molecule has 0 unspecified atom stereocenters. The lowest BCUT2D eigenvalue weighted by Gasteiger charge is -2.16. The Balaban J connectivity index is 1.23. The van der Waals surface area contributed by atoms with E-state index in [0.717, 1.165) is 38.4 Å². The van der Waals surface area contributed by atoms with Crippen LogP contribution < -0.4 is 20.7 Å². The van der Waals surface area contributed by atoms with Gasteiger partial charge in [0.25, 0.3) is 0 Å². The summed E-state index contributed by atoms with van der Waals surface area (Å²) in [6.07, 6.45) is 3.10. The van der Waals surface area contributed by atoms with Gasteiger partial charge in [-0.2, -0.15) is 0 Å². The minimum atomic E-state index is -0.877. The first kappa shape index (κ1) is 34.5. The zero-order valence-corrected chi connectivity index (χ0v) is 29.3. The van der Waals surface area contributed by atoms with Crippen molar-refractivity contribution in [3.63, 3.8) is 0 Å². The zero-order valence-electron chi connectivity index (χ0n) is 26.9. The van der Waals surface area contributed by atoms with Gasteiger partial charge in [-0.3, -0.25) is 14.5 Å². The summed E-state index contributed by atoms with van der Waals surface area (Å²) in [5.74, 6) is 0.244. The van der Waals surface area contributed by atoms with E-state index in [1.54, 1.807) is 13.3 Å². The van der Waals surface area contributed by atoms with Crippen molar-refractivity contribution in [1.29, 1.82) is 0 Å². The average molecular weight is 721 g/mol. The Hall–Kier alpha value is -4.33. The van der Waals surface area contributed by atoms with Gasteiger partial charge in [-0.05, 0) is 31.2 Å². The molecule has 0 saturated carbocycles. The second-order valence-electron chi connectivity index (χ2n) is 11.6. The maximum absolute atomic E-state index is 11.5. The highest BCUT2D eigenvalue weighted by atomic mass is 35.5. The minimum Gasteiger partial charge on any atom is -0.481 e. The lowest BCUT2D eigenvalue weighted by molar-refractivity contribution is -0.138. The molecule has 4 N–H and O–H groups in total. The molecule has 2 aromatic carbocycles. The molecule has 254 valence electrons. The minimum absolute atomic E-state index is 0.0579. The number of likely N-dealkylation sites (N-methyl/N-ethyl adjacent to an activating group) is 1. The van der Waals surface area contributed by atoms with Gasteiger partial charge in [-0.15, -0.1) is 11.3 Å². The lowest BCUT2D eigenvalue weighted by Crippen LogP contribution is -2.35. The number of aliphatic carboxylic acids is 1. The van der Waals surface area contributed by atoms with Gasteiger partial charge in [0.1, 0.15) is 10.5 Å². The highest BCUT2D eigenvalue weighted by molar-refractivity contribution is 7.18. The predicted molar refractivity (Wildman–Crippen MR) is 194 cm³/mol. The fourth-order valence-electron chi connectivity index (χ4n) is 5.77. The summed E-state index contributed by atoms with van der Waals surface area (Å²) in [4.78, 5) is 38.7. The summed E-state index contributed by atoms with van der Waals surface area (Å²) >= 11 is 15.6. The Kier molecular flexibility index (Phi) is 10.9. The molecule has 1 amide bonds. The van der Waals surface area contributed by atoms with Crippen LogP contribution in [0.1, 0.15) is 30.3 Å². The van der Waals surface area contributed by atoms with E-state index in [4.69, 9.17) is 37.9 Å². The maximum Gasteiger partial charge on any atom is 0.317 e. The third-order valence-electron chi connectivity index (χ3n) is 8.26. The van der Waals surface area contributed by atoms with Crippen LogP contribution in [0.2, 0.25) is 10.0 Å². The number of carboxylic acids is 1. The average Bonchev–Trinajstić information content (AvgIpc) is 3.71. The Morgan fingerprint density at radius 3 is 2.59 bits per heavy atom. The number of methoxy groups -OCH3 is 1. The van der Waals surface area contributed by atoms with Gasteiger partial charge in [0.15, 0.2) is 5.82 Å². The van der Waals surface area contributed by atoms with Crippen LogP contribution in [-0.4, -0.2) is 69.6 Å². The van der Waals surface area contributed by atoms with E-state index in [0.29, 0.717) is 71.2 Å². The first-order valence-electron chi connectivity index (χ1n) is 15.8. The largest absolute Gasteiger partial charge is 0.481 e. The molecule has 1 aliphatic rings. The standard InChI is InChI=1S/C35H35Cl2N7O4S/c1-3-44(19-30(46)47)18-29-43-33-27(49-29)14-15-39-34(33)41-26-9-5-7-23(32(26)37)22-6-4-8-24(31(22)36)25-12-10-20(35(42-25)48-2)16-38-17-21-11-13-28(45)40-21/h4-10,12,14-15,21,38H,3,11,13,16-19H2,1-2H3,(H,39,41)(H,40,45)(H,46,47)/t21-/m1/s1. The van der Waals surface area contributed by atoms with Gasteiger partial charge < -0.3 is 25.8 Å². The number of hydrogen-bond acceptors (Lipinski definition) is 10. The molecule has 49 heavy (non-hydrogen) atoms. The Bertz CT molecular complexity index is 2010. The van der Waals surface area contributed by atoms with Crippen LogP contribution in [0.15, 0.2) is 60.8 Å². The molecule has 4 heterocycles. The number of halogens is 2. The van der Waals surface area contributed by atoms with Crippen LogP contribution in [0, 0.1) is 0 Å². The van der Waals surface area contributed by atoms with Crippen LogP contribution in [0.4, 0.5) is 11.5 Å². The fraction of sp³-hybridized carbons (Fsp3) is 0.286. The van der Waals surface area contributed by atoms with E-state index in [2.05, 4.69) is 20.9 Å². The lowest BCUT2D eigenvalue weighted by atomic mass is 10.00. The third kappa shape index (κ3) is 7.95. The number of nitrogens with zero attached hydrogens (tertiary/aromatic N) is 4. The number of carbonyl (C=O) groups excluding carboxylic acids is 1. The van der Waals surface area contributed by atoms with Gasteiger partial charge in [-0.1, -0.05) is 66.5 Å². The molecule has 1 fully saturated rings. The molecule has 1 aliphatic heterocycles. The molecule has 11 nitrogen and oxygen atoms in total. The number of anilines is 2. The van der Waals surface area contributed by atoms with Crippen LogP contribution >= 0.6 is 34.5 Å². The van der Waals surface area contributed by atoms with Gasteiger partial charge in [0.05, 0.1) is 46.3 Å². The second-order valence-corrected chi connectivity index (χ2v) is 13.4. The van der Waals surface area contributed by atoms with E-state index in [1.165, 1.54) is 11.3 Å². The van der Waals surface area contributed by atoms with Crippen molar-refractivity contribution in [1.82, 2.24) is 30.5 Å². The number of benzene rings is 2. The highest BCUT2D eigenvalue weighted by Gasteiger charge is 2.21. The summed E-state index contributed by atoms with van der Waals surface area (Å²) in [5.41, 5.74) is 5.04. The van der Waals surface area contributed by atoms with E-state index in [1.807, 2.05) is 66.4 Å². The van der Waals surface area contributed by atoms with Crippen molar-refractivity contribution in [3.8, 4) is 28.3 Å². The van der Waals surface area contributed by atoms with Gasteiger partial charge in [0, 0.05) is 54.0 Å². The summed E-state index contributed by atoms with van der Waals surface area (Å²) in [6.45, 7) is 4.09. The number of rotatable bonds is 14. The van der Waals surface area contributed by atoms with Gasteiger partial charge >= 0.3 is 5.97 Å². The monoisotopic (exact) mass is 719 g/mol. The maximum atomic E-state index is 11.5. The molecule has 5 aromatic rings. The number of thiazole rings is 1. The molecule has 6 rings (SSSR count). The van der Waals surface area contributed by atoms with E-state index < -0.39 is 5.97 Å². The van der Waals surface area contributed by atoms with Crippen LogP contribution in [0.5, 0.6) is 5.88 Å². The summed E-state index contributed by atoms with van der Waals surface area (Å²) < 4.78 is 6.56. The SMILES string of the molecule is CCN(CC(=O)O)Cc1nc2c(Nc3cccc(-c4cccc(-c5ccc(CNC[C@H]6CCC(=O)N6)c(OC)n5)c4Cl)c3Cl)nccc2s1. The molecule has 0 spiro atoms. The van der Waals surface area contributed by atoms with Crippen LogP contribution in [0.25, 0.3) is 32.6 Å². The Labute approximate surface area is 297 Å². The molecule has 0 bridgehead atoms. The number of fused-ring (bicyclic) bond motifs is 1. The van der Waals surface area contributed by atoms with Gasteiger partial charge in [-0.25, -0.2) is 15.0 Å². The first-order valence-corrected chi connectivity index (χ1v) is 17.4. The predicted octanol–water partition coefficient (Wildman–Crippen LogP) is 6.75. The zero-order chi connectivity index (χ0) is 34.5. The molecule has 14 heteroatoms. The number of carbonyl (C=O) groups is 2. The normalized spacial score (nSPS) is 14.4. The van der Waals surface area contributed by atoms with Crippen LogP contribution in [-0.2, 0) is 22.7 Å². The van der Waals surface area contributed by atoms with E-state index in [-0.39, 0.29) is 18.5 Å². The second kappa shape index (κ2) is 15.5. The van der Waals surface area contributed by atoms with Crippen molar-refractivity contribution >= 4 is 68.1 Å². The quantitative estimate of drug-likeness (QED) is 0.0973. The number of aromatic nitrogens is 3. The fourth-order valence-corrected chi connectivity index (χ4v) is 7.37. The summed E-state index contributed by atoms with van der Waals surface area (Å²) in [6, 6.07) is 17.3. The number of nitrogens with one attached hydrogen (secondary N) is 3. The van der Waals surface area contributed by atoms with Crippen molar-refractivity contribution in [2.75, 3.05) is 32.1 Å². The molecule has 3 aromatic heterocycles. The summed E-state index contributed by atoms with van der Waals surface area (Å²) in [5, 5.41) is 20.7. The number of carboxylic acid groups (broad SMARTS) is 1. The molecule has 1 saturated heterocycles. The number of amides is 1. The van der Waals surface area contributed by atoms with Crippen molar-refractivity contribution < 1.29 is 19.4 Å². The number of hydrogen-bond donors (Lipinski definition) is 4.